The molecule has 6 nitrogen and oxygen atoms in total. The van der Waals surface area contributed by atoms with Gasteiger partial charge in [0.1, 0.15) is 0 Å². The first-order chi connectivity index (χ1) is 10.7. The van der Waals surface area contributed by atoms with E-state index in [-0.39, 0.29) is 16.5 Å². The Morgan fingerprint density at radius 3 is 2.43 bits per heavy atom. The number of carboxylic acids is 1. The third kappa shape index (κ3) is 5.98. The van der Waals surface area contributed by atoms with Gasteiger partial charge in [-0.05, 0) is 23.8 Å². The first kappa shape index (κ1) is 19.1. The first-order valence-corrected chi connectivity index (χ1v) is 7.93. The molecule has 0 aliphatic carbocycles. The van der Waals surface area contributed by atoms with Gasteiger partial charge in [0.05, 0.1) is 10.8 Å². The third-order valence-corrected chi connectivity index (χ3v) is 3.74. The van der Waals surface area contributed by atoms with Gasteiger partial charge in [-0.3, -0.25) is 14.9 Å². The van der Waals surface area contributed by atoms with Crippen LogP contribution in [0.5, 0.6) is 0 Å². The number of aliphatic carboxylic acids is 1. The Balaban J connectivity index is 2.73. The van der Waals surface area contributed by atoms with E-state index in [2.05, 4.69) is 5.32 Å². The molecule has 0 bridgehead atoms. The number of benzene rings is 1. The van der Waals surface area contributed by atoms with Gasteiger partial charge in [-0.25, -0.2) is 0 Å². The standard InChI is InChI=1S/C17H26N2O4/c1-11(2)7-14(17(20)21)10-18-9-13-5-6-15(12(3)4)16(8-13)19(22)23/h5-6,8,11-12,14,18H,7,9-10H2,1-4H3,(H,20,21). The molecule has 0 aliphatic rings. The zero-order valence-corrected chi connectivity index (χ0v) is 14.2. The zero-order valence-electron chi connectivity index (χ0n) is 14.2. The molecule has 0 saturated heterocycles. The van der Waals surface area contributed by atoms with E-state index < -0.39 is 11.9 Å². The topological polar surface area (TPSA) is 92.5 Å². The average Bonchev–Trinajstić information content (AvgIpc) is 2.45. The van der Waals surface area contributed by atoms with E-state index in [1.807, 2.05) is 33.8 Å². The second-order valence-corrected chi connectivity index (χ2v) is 6.60. The lowest BCUT2D eigenvalue weighted by Crippen LogP contribution is -2.29. The Morgan fingerprint density at radius 2 is 1.96 bits per heavy atom. The molecule has 0 aliphatic heterocycles. The van der Waals surface area contributed by atoms with Gasteiger partial charge in [-0.15, -0.1) is 0 Å². The summed E-state index contributed by atoms with van der Waals surface area (Å²) in [6.07, 6.45) is 0.606. The monoisotopic (exact) mass is 322 g/mol. The molecule has 0 radical (unpaired) electrons. The van der Waals surface area contributed by atoms with Crippen LogP contribution in [0.4, 0.5) is 5.69 Å². The molecular formula is C17H26N2O4. The third-order valence-electron chi connectivity index (χ3n) is 3.74. The Hall–Kier alpha value is -1.95. The van der Waals surface area contributed by atoms with Gasteiger partial charge in [0.15, 0.2) is 0 Å². The van der Waals surface area contributed by atoms with Crippen molar-refractivity contribution in [3.63, 3.8) is 0 Å². The van der Waals surface area contributed by atoms with Crippen molar-refractivity contribution in [1.82, 2.24) is 5.32 Å². The van der Waals surface area contributed by atoms with E-state index in [0.29, 0.717) is 31.0 Å². The predicted octanol–water partition coefficient (Wildman–Crippen LogP) is 3.55. The first-order valence-electron chi connectivity index (χ1n) is 7.93. The van der Waals surface area contributed by atoms with Gasteiger partial charge in [-0.2, -0.15) is 0 Å². The molecular weight excluding hydrogens is 296 g/mol. The molecule has 0 fully saturated rings. The Kier molecular flexibility index (Phi) is 7.16. The maximum Gasteiger partial charge on any atom is 0.307 e. The fraction of sp³-hybridized carbons (Fsp3) is 0.588. The van der Waals surface area contributed by atoms with Crippen LogP contribution in [0.15, 0.2) is 18.2 Å². The number of hydrogen-bond acceptors (Lipinski definition) is 4. The minimum absolute atomic E-state index is 0.0832. The van der Waals surface area contributed by atoms with Crippen LogP contribution in [0.3, 0.4) is 0 Å². The molecule has 6 heteroatoms. The molecule has 1 unspecified atom stereocenters. The van der Waals surface area contributed by atoms with Crippen LogP contribution in [-0.4, -0.2) is 22.5 Å². The van der Waals surface area contributed by atoms with Crippen molar-refractivity contribution in [3.05, 3.63) is 39.4 Å². The average molecular weight is 322 g/mol. The molecule has 0 spiro atoms. The van der Waals surface area contributed by atoms with Gasteiger partial charge in [0.2, 0.25) is 0 Å². The molecule has 2 N–H and O–H groups in total. The number of nitro benzene ring substituents is 1. The quantitative estimate of drug-likeness (QED) is 0.536. The van der Waals surface area contributed by atoms with Crippen molar-refractivity contribution in [1.29, 1.82) is 0 Å². The maximum atomic E-state index is 11.2. The van der Waals surface area contributed by atoms with Gasteiger partial charge in [-0.1, -0.05) is 39.8 Å². The predicted molar refractivity (Wildman–Crippen MR) is 89.5 cm³/mol. The molecule has 0 saturated carbocycles. The normalized spacial score (nSPS) is 12.6. The summed E-state index contributed by atoms with van der Waals surface area (Å²) in [5, 5.41) is 23.5. The molecule has 0 heterocycles. The minimum Gasteiger partial charge on any atom is -0.481 e. The number of nitrogens with one attached hydrogen (secondary N) is 1. The lowest BCUT2D eigenvalue weighted by molar-refractivity contribution is -0.385. The van der Waals surface area contributed by atoms with Crippen molar-refractivity contribution < 1.29 is 14.8 Å². The summed E-state index contributed by atoms with van der Waals surface area (Å²) in [5.74, 6) is -0.864. The van der Waals surface area contributed by atoms with Crippen LogP contribution in [-0.2, 0) is 11.3 Å². The van der Waals surface area contributed by atoms with Gasteiger partial charge < -0.3 is 10.4 Å². The lowest BCUT2D eigenvalue weighted by Gasteiger charge is -2.15. The minimum atomic E-state index is -0.813. The summed E-state index contributed by atoms with van der Waals surface area (Å²) in [6.45, 7) is 8.59. The Bertz CT molecular complexity index is 556. The van der Waals surface area contributed by atoms with Gasteiger partial charge in [0.25, 0.3) is 5.69 Å². The molecule has 128 valence electrons. The SMILES string of the molecule is CC(C)CC(CNCc1ccc(C(C)C)c([N+](=O)[O-])c1)C(=O)O. The highest BCUT2D eigenvalue weighted by Gasteiger charge is 2.19. The Morgan fingerprint density at radius 1 is 1.30 bits per heavy atom. The smallest absolute Gasteiger partial charge is 0.307 e. The summed E-state index contributed by atoms with van der Waals surface area (Å²) < 4.78 is 0. The molecule has 23 heavy (non-hydrogen) atoms. The van der Waals surface area contributed by atoms with E-state index in [1.165, 1.54) is 0 Å². The molecule has 1 atom stereocenters. The fourth-order valence-electron chi connectivity index (χ4n) is 2.58. The summed E-state index contributed by atoms with van der Waals surface area (Å²) in [5.41, 5.74) is 1.62. The van der Waals surface area contributed by atoms with Gasteiger partial charge in [0, 0.05) is 24.7 Å². The molecule has 0 amide bonds. The number of nitrogens with zero attached hydrogens (tertiary/aromatic N) is 1. The van der Waals surface area contributed by atoms with Crippen LogP contribution < -0.4 is 5.32 Å². The molecule has 1 aromatic rings. The van der Waals surface area contributed by atoms with E-state index in [0.717, 1.165) is 5.56 Å². The Labute approximate surface area is 137 Å². The van der Waals surface area contributed by atoms with Crippen LogP contribution in [0, 0.1) is 22.0 Å². The second kappa shape index (κ2) is 8.62. The maximum absolute atomic E-state index is 11.2. The van der Waals surface area contributed by atoms with Crippen molar-refractivity contribution in [2.24, 2.45) is 11.8 Å². The number of hydrogen-bond donors (Lipinski definition) is 2. The highest BCUT2D eigenvalue weighted by molar-refractivity contribution is 5.70. The lowest BCUT2D eigenvalue weighted by atomic mass is 9.97. The summed E-state index contributed by atoms with van der Waals surface area (Å²) >= 11 is 0. The summed E-state index contributed by atoms with van der Waals surface area (Å²) in [6, 6.07) is 5.21. The summed E-state index contributed by atoms with van der Waals surface area (Å²) in [4.78, 5) is 22.0. The number of carboxylic acid groups (broad SMARTS) is 1. The number of nitro groups is 1. The van der Waals surface area contributed by atoms with E-state index in [1.54, 1.807) is 12.1 Å². The highest BCUT2D eigenvalue weighted by Crippen LogP contribution is 2.27. The van der Waals surface area contributed by atoms with Crippen LogP contribution in [0.25, 0.3) is 0 Å². The van der Waals surface area contributed by atoms with Crippen LogP contribution >= 0.6 is 0 Å². The van der Waals surface area contributed by atoms with Crippen molar-refractivity contribution in [2.75, 3.05) is 6.54 Å². The van der Waals surface area contributed by atoms with Crippen LogP contribution in [0.2, 0.25) is 0 Å². The van der Waals surface area contributed by atoms with E-state index in [4.69, 9.17) is 0 Å². The largest absolute Gasteiger partial charge is 0.481 e. The zero-order chi connectivity index (χ0) is 17.6. The highest BCUT2D eigenvalue weighted by atomic mass is 16.6. The summed E-state index contributed by atoms with van der Waals surface area (Å²) in [7, 11) is 0. The number of rotatable bonds is 9. The fourth-order valence-corrected chi connectivity index (χ4v) is 2.58. The van der Waals surface area contributed by atoms with E-state index >= 15 is 0 Å². The molecule has 1 rings (SSSR count). The number of carbonyl (C=O) groups is 1. The van der Waals surface area contributed by atoms with Crippen molar-refractivity contribution >= 4 is 11.7 Å². The van der Waals surface area contributed by atoms with Crippen molar-refractivity contribution in [2.45, 2.75) is 46.6 Å². The molecule has 0 aromatic heterocycles. The molecule has 1 aromatic carbocycles. The van der Waals surface area contributed by atoms with Gasteiger partial charge >= 0.3 is 5.97 Å². The van der Waals surface area contributed by atoms with Crippen molar-refractivity contribution in [3.8, 4) is 0 Å². The van der Waals surface area contributed by atoms with Crippen LogP contribution in [0.1, 0.15) is 51.2 Å². The second-order valence-electron chi connectivity index (χ2n) is 6.60. The van der Waals surface area contributed by atoms with E-state index in [9.17, 15) is 20.0 Å².